The first kappa shape index (κ1) is 9.86. The minimum atomic E-state index is 0.949. The highest BCUT2D eigenvalue weighted by Crippen LogP contribution is 2.32. The quantitative estimate of drug-likeness (QED) is 0.810. The number of rotatable bonds is 2. The topological polar surface area (TPSA) is 12.0 Å². The summed E-state index contributed by atoms with van der Waals surface area (Å²) in [5.74, 6) is 0.949. The first-order valence-corrected chi connectivity index (χ1v) is 7.04. The molecule has 3 rings (SSSR count). The summed E-state index contributed by atoms with van der Waals surface area (Å²) in [4.78, 5) is 3.35. The molecule has 1 fully saturated rings. The molecule has 15 heavy (non-hydrogen) atoms. The van der Waals surface area contributed by atoms with Gasteiger partial charge in [0.2, 0.25) is 0 Å². The molecule has 1 N–H and O–H groups in total. The third-order valence-electron chi connectivity index (χ3n) is 3.75. The van der Waals surface area contributed by atoms with E-state index in [0.717, 1.165) is 5.92 Å². The fraction of sp³-hybridized carbons (Fsp3) is 0.692. The lowest BCUT2D eigenvalue weighted by Gasteiger charge is -2.21. The molecule has 1 aromatic rings. The smallest absolute Gasteiger partial charge is 0.00802 e. The van der Waals surface area contributed by atoms with Crippen molar-refractivity contribution in [3.8, 4) is 0 Å². The monoisotopic (exact) mass is 221 g/mol. The van der Waals surface area contributed by atoms with Crippen molar-refractivity contribution >= 4 is 11.3 Å². The highest BCUT2D eigenvalue weighted by molar-refractivity contribution is 7.12. The fourth-order valence-electron chi connectivity index (χ4n) is 2.86. The molecule has 0 saturated carbocycles. The van der Waals surface area contributed by atoms with E-state index in [9.17, 15) is 0 Å². The van der Waals surface area contributed by atoms with Crippen LogP contribution in [0, 0.1) is 5.92 Å². The zero-order valence-corrected chi connectivity index (χ0v) is 10.0. The first-order valence-electron chi connectivity index (χ1n) is 6.23. The maximum Gasteiger partial charge on any atom is 0.00802 e. The number of piperidine rings is 1. The Morgan fingerprint density at radius 3 is 2.93 bits per heavy atom. The summed E-state index contributed by atoms with van der Waals surface area (Å²) < 4.78 is 0. The Kier molecular flexibility index (Phi) is 2.80. The highest BCUT2D eigenvalue weighted by Gasteiger charge is 2.18. The third kappa shape index (κ3) is 2.11. The number of hydrogen-bond acceptors (Lipinski definition) is 2. The SMILES string of the molecule is c1c(CC2CCNCC2)sc2c1CCC2. The molecule has 1 aliphatic heterocycles. The standard InChI is InChI=1S/C13H19NS/c1-2-11-9-12(15-13(11)3-1)8-10-4-6-14-7-5-10/h9-10,14H,1-8H2. The number of fused-ring (bicyclic) bond motifs is 1. The molecule has 0 bridgehead atoms. The van der Waals surface area contributed by atoms with Crippen LogP contribution >= 0.6 is 11.3 Å². The minimum absolute atomic E-state index is 0.949. The van der Waals surface area contributed by atoms with E-state index in [4.69, 9.17) is 0 Å². The lowest BCUT2D eigenvalue weighted by atomic mass is 9.94. The van der Waals surface area contributed by atoms with E-state index in [1.165, 1.54) is 51.6 Å². The zero-order valence-electron chi connectivity index (χ0n) is 9.22. The number of nitrogens with one attached hydrogen (secondary N) is 1. The molecule has 0 unspecified atom stereocenters. The van der Waals surface area contributed by atoms with Crippen LogP contribution in [0.15, 0.2) is 6.07 Å². The second-order valence-corrected chi connectivity index (χ2v) is 6.13. The van der Waals surface area contributed by atoms with Crippen molar-refractivity contribution in [3.63, 3.8) is 0 Å². The molecule has 1 saturated heterocycles. The van der Waals surface area contributed by atoms with E-state index in [2.05, 4.69) is 22.7 Å². The van der Waals surface area contributed by atoms with Gasteiger partial charge in [-0.15, -0.1) is 11.3 Å². The molecule has 82 valence electrons. The average Bonchev–Trinajstić information content (AvgIpc) is 2.79. The summed E-state index contributed by atoms with van der Waals surface area (Å²) in [6.45, 7) is 2.46. The van der Waals surface area contributed by atoms with Crippen molar-refractivity contribution in [1.29, 1.82) is 0 Å². The van der Waals surface area contributed by atoms with Crippen molar-refractivity contribution in [2.75, 3.05) is 13.1 Å². The van der Waals surface area contributed by atoms with Gasteiger partial charge in [-0.2, -0.15) is 0 Å². The highest BCUT2D eigenvalue weighted by atomic mass is 32.1. The van der Waals surface area contributed by atoms with Crippen LogP contribution in [0.2, 0.25) is 0 Å². The molecule has 2 heteroatoms. The normalized spacial score (nSPS) is 21.9. The molecule has 1 aromatic heterocycles. The van der Waals surface area contributed by atoms with Crippen molar-refractivity contribution in [2.45, 2.75) is 38.5 Å². The van der Waals surface area contributed by atoms with E-state index >= 15 is 0 Å². The van der Waals surface area contributed by atoms with Gasteiger partial charge in [0.1, 0.15) is 0 Å². The van der Waals surface area contributed by atoms with Crippen LogP contribution in [0.1, 0.15) is 34.6 Å². The summed E-state index contributed by atoms with van der Waals surface area (Å²) in [6, 6.07) is 2.50. The Morgan fingerprint density at radius 2 is 2.13 bits per heavy atom. The molecule has 0 radical (unpaired) electrons. The molecule has 2 aliphatic rings. The van der Waals surface area contributed by atoms with Gasteiger partial charge in [0.25, 0.3) is 0 Å². The van der Waals surface area contributed by atoms with E-state index < -0.39 is 0 Å². The maximum absolute atomic E-state index is 3.44. The van der Waals surface area contributed by atoms with E-state index in [1.807, 2.05) is 0 Å². The van der Waals surface area contributed by atoms with Gasteiger partial charge in [-0.1, -0.05) is 0 Å². The lowest BCUT2D eigenvalue weighted by Crippen LogP contribution is -2.28. The Labute approximate surface area is 95.9 Å². The van der Waals surface area contributed by atoms with Crippen LogP contribution in [0.5, 0.6) is 0 Å². The molecule has 2 heterocycles. The van der Waals surface area contributed by atoms with Crippen molar-refractivity contribution in [1.82, 2.24) is 5.32 Å². The predicted octanol–water partition coefficient (Wildman–Crippen LogP) is 2.78. The van der Waals surface area contributed by atoms with Gasteiger partial charge in [0, 0.05) is 9.75 Å². The van der Waals surface area contributed by atoms with E-state index in [1.54, 1.807) is 15.3 Å². The zero-order chi connectivity index (χ0) is 10.1. The summed E-state index contributed by atoms with van der Waals surface area (Å²) in [5.41, 5.74) is 1.67. The Balaban J connectivity index is 1.66. The average molecular weight is 221 g/mol. The van der Waals surface area contributed by atoms with Crippen LogP contribution < -0.4 is 5.32 Å². The van der Waals surface area contributed by atoms with Gasteiger partial charge in [-0.3, -0.25) is 0 Å². The summed E-state index contributed by atoms with van der Waals surface area (Å²) >= 11 is 2.10. The van der Waals surface area contributed by atoms with Gasteiger partial charge >= 0.3 is 0 Å². The third-order valence-corrected chi connectivity index (χ3v) is 5.01. The van der Waals surface area contributed by atoms with Crippen LogP contribution in [0.25, 0.3) is 0 Å². The maximum atomic E-state index is 3.44. The first-order chi connectivity index (χ1) is 7.42. The molecule has 1 aliphatic carbocycles. The van der Waals surface area contributed by atoms with Gasteiger partial charge in [0.15, 0.2) is 0 Å². The number of thiophene rings is 1. The van der Waals surface area contributed by atoms with Gasteiger partial charge in [-0.05, 0) is 69.2 Å². The Morgan fingerprint density at radius 1 is 1.27 bits per heavy atom. The largest absolute Gasteiger partial charge is 0.317 e. The van der Waals surface area contributed by atoms with Crippen LogP contribution in [0.4, 0.5) is 0 Å². The Bertz CT molecular complexity index is 315. The van der Waals surface area contributed by atoms with Gasteiger partial charge < -0.3 is 5.32 Å². The van der Waals surface area contributed by atoms with Crippen LogP contribution in [-0.4, -0.2) is 13.1 Å². The predicted molar refractivity (Wildman–Crippen MR) is 65.6 cm³/mol. The van der Waals surface area contributed by atoms with E-state index in [0.29, 0.717) is 0 Å². The molecule has 0 spiro atoms. The summed E-state index contributed by atoms with van der Waals surface area (Å²) in [7, 11) is 0. The van der Waals surface area contributed by atoms with Gasteiger partial charge in [-0.25, -0.2) is 0 Å². The lowest BCUT2D eigenvalue weighted by molar-refractivity contribution is 0.374. The van der Waals surface area contributed by atoms with E-state index in [-0.39, 0.29) is 0 Å². The van der Waals surface area contributed by atoms with Crippen molar-refractivity contribution in [2.24, 2.45) is 5.92 Å². The van der Waals surface area contributed by atoms with Gasteiger partial charge in [0.05, 0.1) is 0 Å². The molecular formula is C13H19NS. The number of hydrogen-bond donors (Lipinski definition) is 1. The minimum Gasteiger partial charge on any atom is -0.317 e. The second-order valence-electron chi connectivity index (χ2n) is 4.91. The molecule has 0 atom stereocenters. The molecule has 1 nitrogen and oxygen atoms in total. The summed E-state index contributed by atoms with van der Waals surface area (Å²) in [6.07, 6.45) is 8.20. The molecule has 0 aromatic carbocycles. The van der Waals surface area contributed by atoms with Crippen LogP contribution in [-0.2, 0) is 19.3 Å². The van der Waals surface area contributed by atoms with Crippen LogP contribution in [0.3, 0.4) is 0 Å². The fourth-order valence-corrected chi connectivity index (χ4v) is 4.24. The number of aryl methyl sites for hydroxylation is 2. The summed E-state index contributed by atoms with van der Waals surface area (Å²) in [5, 5.41) is 3.44. The van der Waals surface area contributed by atoms with Crippen molar-refractivity contribution < 1.29 is 0 Å². The second kappa shape index (κ2) is 4.26. The molecular weight excluding hydrogens is 202 g/mol. The van der Waals surface area contributed by atoms with Crippen molar-refractivity contribution in [3.05, 3.63) is 21.4 Å². The molecule has 0 amide bonds. The Hall–Kier alpha value is -0.340.